The van der Waals surface area contributed by atoms with Crippen molar-refractivity contribution in [3.63, 3.8) is 0 Å². The summed E-state index contributed by atoms with van der Waals surface area (Å²) in [6.45, 7) is 5.39. The minimum atomic E-state index is -0.887. The summed E-state index contributed by atoms with van der Waals surface area (Å²) in [7, 11) is 0. The molecule has 0 saturated carbocycles. The van der Waals surface area contributed by atoms with Gasteiger partial charge in [-0.15, -0.1) is 0 Å². The summed E-state index contributed by atoms with van der Waals surface area (Å²) in [5.41, 5.74) is 3.03. The van der Waals surface area contributed by atoms with Crippen molar-refractivity contribution in [1.29, 1.82) is 0 Å². The van der Waals surface area contributed by atoms with Gasteiger partial charge in [-0.25, -0.2) is 0 Å². The average molecular weight is 289 g/mol. The number of rotatable bonds is 3. The van der Waals surface area contributed by atoms with Crippen LogP contribution >= 0.6 is 11.6 Å². The molecule has 3 heteroatoms. The van der Waals surface area contributed by atoms with Crippen LogP contribution in [0.4, 0.5) is 0 Å². The van der Waals surface area contributed by atoms with Crippen molar-refractivity contribution in [2.75, 3.05) is 0 Å². The second-order valence-corrected chi connectivity index (χ2v) is 5.83. The average Bonchev–Trinajstić information content (AvgIpc) is 2.42. The van der Waals surface area contributed by atoms with Gasteiger partial charge in [-0.2, -0.15) is 0 Å². The molecule has 0 aliphatic carbocycles. The predicted octanol–water partition coefficient (Wildman–Crippen LogP) is 4.68. The number of carboxylic acid groups (broad SMARTS) is 1. The monoisotopic (exact) mass is 288 g/mol. The lowest BCUT2D eigenvalue weighted by Gasteiger charge is -2.20. The standard InChI is InChI=1S/C17H17ClO2/c1-11-14(5-4-6-15(11)18)12-7-9-13(10-8-12)17(2,3)16(19)20/h4-10H,1-3H3,(H,19,20). The third-order valence-electron chi connectivity index (χ3n) is 3.72. The highest BCUT2D eigenvalue weighted by atomic mass is 35.5. The lowest BCUT2D eigenvalue weighted by molar-refractivity contribution is -0.142. The largest absolute Gasteiger partial charge is 0.481 e. The summed E-state index contributed by atoms with van der Waals surface area (Å²) >= 11 is 6.13. The molecule has 0 unspecified atom stereocenters. The number of hydrogen-bond donors (Lipinski definition) is 1. The zero-order valence-corrected chi connectivity index (χ0v) is 12.5. The highest BCUT2D eigenvalue weighted by molar-refractivity contribution is 6.31. The first-order chi connectivity index (χ1) is 9.34. The van der Waals surface area contributed by atoms with Crippen molar-refractivity contribution in [2.24, 2.45) is 0 Å². The van der Waals surface area contributed by atoms with Crippen molar-refractivity contribution in [1.82, 2.24) is 0 Å². The van der Waals surface area contributed by atoms with E-state index in [2.05, 4.69) is 0 Å². The molecule has 0 saturated heterocycles. The summed E-state index contributed by atoms with van der Waals surface area (Å²) in [5.74, 6) is -0.829. The van der Waals surface area contributed by atoms with Crippen molar-refractivity contribution >= 4 is 17.6 Å². The Kier molecular flexibility index (Phi) is 3.87. The Morgan fingerprint density at radius 1 is 1.10 bits per heavy atom. The van der Waals surface area contributed by atoms with Gasteiger partial charge in [-0.05, 0) is 49.1 Å². The fourth-order valence-electron chi connectivity index (χ4n) is 2.11. The molecule has 104 valence electrons. The number of carboxylic acids is 1. The molecular formula is C17H17ClO2. The maximum absolute atomic E-state index is 11.3. The van der Waals surface area contributed by atoms with Crippen LogP contribution in [0.25, 0.3) is 11.1 Å². The second-order valence-electron chi connectivity index (χ2n) is 5.42. The summed E-state index contributed by atoms with van der Waals surface area (Å²) in [6.07, 6.45) is 0. The van der Waals surface area contributed by atoms with Gasteiger partial charge in [0.25, 0.3) is 0 Å². The first-order valence-electron chi connectivity index (χ1n) is 6.43. The van der Waals surface area contributed by atoms with Crippen LogP contribution < -0.4 is 0 Å². The highest BCUT2D eigenvalue weighted by Gasteiger charge is 2.29. The van der Waals surface area contributed by atoms with Gasteiger partial charge in [0, 0.05) is 5.02 Å². The van der Waals surface area contributed by atoms with Crippen LogP contribution in [0.2, 0.25) is 5.02 Å². The van der Waals surface area contributed by atoms with Crippen molar-refractivity contribution in [3.8, 4) is 11.1 Å². The number of halogens is 1. The number of benzene rings is 2. The van der Waals surface area contributed by atoms with Crippen molar-refractivity contribution < 1.29 is 9.90 Å². The lowest BCUT2D eigenvalue weighted by Crippen LogP contribution is -2.28. The third-order valence-corrected chi connectivity index (χ3v) is 4.13. The molecule has 0 amide bonds. The van der Waals surface area contributed by atoms with Gasteiger partial charge >= 0.3 is 5.97 Å². The van der Waals surface area contributed by atoms with Crippen molar-refractivity contribution in [3.05, 3.63) is 58.6 Å². The zero-order valence-electron chi connectivity index (χ0n) is 11.8. The van der Waals surface area contributed by atoms with E-state index in [0.29, 0.717) is 0 Å². The minimum absolute atomic E-state index is 0.734. The molecular weight excluding hydrogens is 272 g/mol. The molecule has 0 radical (unpaired) electrons. The Morgan fingerprint density at radius 2 is 1.70 bits per heavy atom. The van der Waals surface area contributed by atoms with Gasteiger partial charge in [-0.1, -0.05) is 48.0 Å². The Morgan fingerprint density at radius 3 is 2.25 bits per heavy atom. The van der Waals surface area contributed by atoms with E-state index in [-0.39, 0.29) is 0 Å². The molecule has 0 atom stereocenters. The topological polar surface area (TPSA) is 37.3 Å². The molecule has 0 bridgehead atoms. The van der Waals surface area contributed by atoms with E-state index in [4.69, 9.17) is 11.6 Å². The molecule has 0 spiro atoms. The molecule has 1 N–H and O–H groups in total. The molecule has 0 aliphatic heterocycles. The summed E-state index contributed by atoms with van der Waals surface area (Å²) in [6, 6.07) is 13.4. The summed E-state index contributed by atoms with van der Waals surface area (Å²) < 4.78 is 0. The van der Waals surface area contributed by atoms with Gasteiger partial charge in [-0.3, -0.25) is 4.79 Å². The maximum atomic E-state index is 11.3. The van der Waals surface area contributed by atoms with Crippen LogP contribution in [0.5, 0.6) is 0 Å². The molecule has 0 fully saturated rings. The molecule has 20 heavy (non-hydrogen) atoms. The quantitative estimate of drug-likeness (QED) is 0.890. The Hall–Kier alpha value is -1.80. The number of carbonyl (C=O) groups is 1. The van der Waals surface area contributed by atoms with Crippen LogP contribution in [0.3, 0.4) is 0 Å². The van der Waals surface area contributed by atoms with Crippen LogP contribution in [0.1, 0.15) is 25.0 Å². The Bertz CT molecular complexity index is 643. The van der Waals surface area contributed by atoms with E-state index in [9.17, 15) is 9.90 Å². The fraction of sp³-hybridized carbons (Fsp3) is 0.235. The van der Waals surface area contributed by atoms with E-state index >= 15 is 0 Å². The van der Waals surface area contributed by atoms with Crippen LogP contribution in [-0.2, 0) is 10.2 Å². The van der Waals surface area contributed by atoms with Crippen LogP contribution in [0.15, 0.2) is 42.5 Å². The van der Waals surface area contributed by atoms with Gasteiger partial charge in [0.1, 0.15) is 0 Å². The minimum Gasteiger partial charge on any atom is -0.481 e. The van der Waals surface area contributed by atoms with E-state index in [1.807, 2.05) is 49.4 Å². The zero-order chi connectivity index (χ0) is 14.9. The lowest BCUT2D eigenvalue weighted by atomic mass is 9.84. The first kappa shape index (κ1) is 14.6. The summed E-state index contributed by atoms with van der Waals surface area (Å²) in [4.78, 5) is 11.3. The molecule has 0 aromatic heterocycles. The van der Waals surface area contributed by atoms with Gasteiger partial charge in [0.15, 0.2) is 0 Å². The second kappa shape index (κ2) is 5.29. The SMILES string of the molecule is Cc1c(Cl)cccc1-c1ccc(C(C)(C)C(=O)O)cc1. The fourth-order valence-corrected chi connectivity index (χ4v) is 2.28. The van der Waals surface area contributed by atoms with Gasteiger partial charge in [0.05, 0.1) is 5.41 Å². The molecule has 2 aromatic rings. The number of hydrogen-bond acceptors (Lipinski definition) is 1. The van der Waals surface area contributed by atoms with Gasteiger partial charge in [0.2, 0.25) is 0 Å². The molecule has 2 rings (SSSR count). The Balaban J connectivity index is 2.43. The number of aliphatic carboxylic acids is 1. The van der Waals surface area contributed by atoms with Crippen molar-refractivity contribution in [2.45, 2.75) is 26.2 Å². The maximum Gasteiger partial charge on any atom is 0.313 e. The Labute approximate surface area is 124 Å². The third kappa shape index (κ3) is 2.56. The van der Waals surface area contributed by atoms with Gasteiger partial charge < -0.3 is 5.11 Å². The summed E-state index contributed by atoms with van der Waals surface area (Å²) in [5, 5.41) is 9.98. The normalized spacial score (nSPS) is 11.4. The highest BCUT2D eigenvalue weighted by Crippen LogP contribution is 2.30. The van der Waals surface area contributed by atoms with E-state index in [1.54, 1.807) is 13.8 Å². The van der Waals surface area contributed by atoms with Crippen LogP contribution in [-0.4, -0.2) is 11.1 Å². The molecule has 0 heterocycles. The van der Waals surface area contributed by atoms with E-state index < -0.39 is 11.4 Å². The van der Waals surface area contributed by atoms with Crippen LogP contribution in [0, 0.1) is 6.92 Å². The van der Waals surface area contributed by atoms with E-state index in [0.717, 1.165) is 27.3 Å². The first-order valence-corrected chi connectivity index (χ1v) is 6.81. The molecule has 2 nitrogen and oxygen atoms in total. The smallest absolute Gasteiger partial charge is 0.313 e. The predicted molar refractivity (Wildman–Crippen MR) is 82.3 cm³/mol. The van der Waals surface area contributed by atoms with E-state index in [1.165, 1.54) is 0 Å². The molecule has 0 aliphatic rings. The molecule has 2 aromatic carbocycles.